The molecule has 1 aromatic carbocycles. The van der Waals surface area contributed by atoms with Crippen LogP contribution in [-0.4, -0.2) is 34.8 Å². The van der Waals surface area contributed by atoms with Crippen LogP contribution < -0.4 is 15.8 Å². The first-order valence-electron chi connectivity index (χ1n) is 9.65. The molecular formula is C23H26N6O. The lowest BCUT2D eigenvalue weighted by Crippen LogP contribution is -2.12. The zero-order valence-corrected chi connectivity index (χ0v) is 17.4. The van der Waals surface area contributed by atoms with Crippen LogP contribution in [0.3, 0.4) is 0 Å². The number of hydrogen-bond donors (Lipinski definition) is 3. The van der Waals surface area contributed by atoms with E-state index in [2.05, 4.69) is 27.2 Å². The van der Waals surface area contributed by atoms with Gasteiger partial charge in [0.15, 0.2) is 0 Å². The van der Waals surface area contributed by atoms with E-state index < -0.39 is 0 Å². The van der Waals surface area contributed by atoms with E-state index in [0.717, 1.165) is 39.6 Å². The van der Waals surface area contributed by atoms with E-state index in [1.807, 2.05) is 49.5 Å². The Balaban J connectivity index is 1.74. The Labute approximate surface area is 176 Å². The fourth-order valence-electron chi connectivity index (χ4n) is 3.12. The second kappa shape index (κ2) is 9.65. The average Bonchev–Trinajstić information content (AvgIpc) is 2.79. The predicted molar refractivity (Wildman–Crippen MR) is 121 cm³/mol. The molecule has 0 bridgehead atoms. The van der Waals surface area contributed by atoms with Crippen molar-refractivity contribution in [1.29, 1.82) is 5.41 Å². The van der Waals surface area contributed by atoms with Crippen molar-refractivity contribution in [3.05, 3.63) is 71.9 Å². The number of benzene rings is 1. The lowest BCUT2D eigenvalue weighted by molar-refractivity contribution is 0.407. The molecule has 1 unspecified atom stereocenters. The van der Waals surface area contributed by atoms with Crippen molar-refractivity contribution in [3.63, 3.8) is 0 Å². The Kier molecular flexibility index (Phi) is 6.75. The highest BCUT2D eigenvalue weighted by atomic mass is 16.5. The minimum absolute atomic E-state index is 0.166. The molecule has 0 saturated carbocycles. The van der Waals surface area contributed by atoms with E-state index in [9.17, 15) is 0 Å². The van der Waals surface area contributed by atoms with Gasteiger partial charge in [-0.3, -0.25) is 4.98 Å². The third-order valence-electron chi connectivity index (χ3n) is 4.90. The summed E-state index contributed by atoms with van der Waals surface area (Å²) in [5, 5.41) is 10.9. The molecule has 3 aromatic rings. The monoisotopic (exact) mass is 402 g/mol. The largest absolute Gasteiger partial charge is 0.496 e. The average molecular weight is 403 g/mol. The van der Waals surface area contributed by atoms with Gasteiger partial charge in [-0.15, -0.1) is 0 Å². The molecule has 7 heteroatoms. The fraction of sp³-hybridized carbons (Fsp3) is 0.217. The standard InChI is InChI=1S/C23H26N6O/c1-15(20-7-6-17(8-22(20)30-3)19(10-24)11-25)12-27-23-9-21(28-14-29-23)18-5-4-16(2)26-13-18/h4-11,13-15,24H,12,25H2,1-3H3,(H,27,28,29)/b19-11+,24-10?. The predicted octanol–water partition coefficient (Wildman–Crippen LogP) is 4.02. The lowest BCUT2D eigenvalue weighted by atomic mass is 9.96. The Bertz CT molecular complexity index is 1050. The molecule has 0 radical (unpaired) electrons. The van der Waals surface area contributed by atoms with Gasteiger partial charge in [0.25, 0.3) is 0 Å². The second-order valence-electron chi connectivity index (χ2n) is 6.98. The van der Waals surface area contributed by atoms with Crippen LogP contribution in [0.4, 0.5) is 5.82 Å². The lowest BCUT2D eigenvalue weighted by Gasteiger charge is -2.18. The molecule has 2 heterocycles. The molecule has 0 amide bonds. The highest BCUT2D eigenvalue weighted by Gasteiger charge is 2.14. The zero-order valence-electron chi connectivity index (χ0n) is 17.4. The van der Waals surface area contributed by atoms with E-state index >= 15 is 0 Å². The summed E-state index contributed by atoms with van der Waals surface area (Å²) in [6.07, 6.45) is 6.02. The summed E-state index contributed by atoms with van der Waals surface area (Å²) >= 11 is 0. The summed E-state index contributed by atoms with van der Waals surface area (Å²) < 4.78 is 5.58. The Morgan fingerprint density at radius 1 is 1.20 bits per heavy atom. The smallest absolute Gasteiger partial charge is 0.129 e. The molecule has 0 spiro atoms. The first-order valence-corrected chi connectivity index (χ1v) is 9.65. The SMILES string of the molecule is COc1cc(/C(C=N)=C/N)ccc1C(C)CNc1cc(-c2ccc(C)nc2)ncn1. The summed E-state index contributed by atoms with van der Waals surface area (Å²) in [4.78, 5) is 13.0. The minimum atomic E-state index is 0.166. The summed E-state index contributed by atoms with van der Waals surface area (Å²) in [6, 6.07) is 11.8. The summed E-state index contributed by atoms with van der Waals surface area (Å²) in [5.41, 5.74) is 10.9. The maximum Gasteiger partial charge on any atom is 0.129 e. The highest BCUT2D eigenvalue weighted by Crippen LogP contribution is 2.30. The fourth-order valence-corrected chi connectivity index (χ4v) is 3.12. The van der Waals surface area contributed by atoms with Gasteiger partial charge < -0.3 is 21.2 Å². The van der Waals surface area contributed by atoms with Gasteiger partial charge in [-0.05, 0) is 36.2 Å². The molecule has 3 rings (SSSR count). The molecule has 0 aliphatic heterocycles. The molecule has 2 aromatic heterocycles. The molecule has 0 fully saturated rings. The van der Waals surface area contributed by atoms with Gasteiger partial charge in [-0.1, -0.05) is 19.1 Å². The molecule has 30 heavy (non-hydrogen) atoms. The van der Waals surface area contributed by atoms with Crippen LogP contribution in [0.5, 0.6) is 5.75 Å². The molecule has 0 aliphatic rings. The van der Waals surface area contributed by atoms with Crippen molar-refractivity contribution >= 4 is 17.6 Å². The first kappa shape index (κ1) is 21.0. The molecule has 0 aliphatic carbocycles. The first-order chi connectivity index (χ1) is 14.5. The molecule has 1 atom stereocenters. The van der Waals surface area contributed by atoms with Crippen LogP contribution in [0.1, 0.15) is 29.7 Å². The van der Waals surface area contributed by atoms with Crippen molar-refractivity contribution in [3.8, 4) is 17.0 Å². The van der Waals surface area contributed by atoms with E-state index in [-0.39, 0.29) is 5.92 Å². The summed E-state index contributed by atoms with van der Waals surface area (Å²) in [5.74, 6) is 1.68. The third kappa shape index (κ3) is 4.81. The van der Waals surface area contributed by atoms with E-state index in [1.165, 1.54) is 12.4 Å². The van der Waals surface area contributed by atoms with Crippen molar-refractivity contribution in [2.24, 2.45) is 5.73 Å². The van der Waals surface area contributed by atoms with Crippen molar-refractivity contribution < 1.29 is 4.74 Å². The Morgan fingerprint density at radius 3 is 2.70 bits per heavy atom. The number of nitrogens with one attached hydrogen (secondary N) is 2. The summed E-state index contributed by atoms with van der Waals surface area (Å²) in [7, 11) is 1.64. The number of aryl methyl sites for hydroxylation is 1. The summed E-state index contributed by atoms with van der Waals surface area (Å²) in [6.45, 7) is 4.74. The number of anilines is 1. The number of ether oxygens (including phenoxy) is 1. The molecule has 4 N–H and O–H groups in total. The topological polar surface area (TPSA) is 110 Å². The van der Waals surface area contributed by atoms with Crippen LogP contribution in [0, 0.1) is 12.3 Å². The van der Waals surface area contributed by atoms with Crippen molar-refractivity contribution in [2.45, 2.75) is 19.8 Å². The van der Waals surface area contributed by atoms with Crippen LogP contribution in [0.25, 0.3) is 16.8 Å². The minimum Gasteiger partial charge on any atom is -0.496 e. The number of aromatic nitrogens is 3. The third-order valence-corrected chi connectivity index (χ3v) is 4.90. The van der Waals surface area contributed by atoms with Crippen molar-refractivity contribution in [2.75, 3.05) is 19.0 Å². The van der Waals surface area contributed by atoms with Crippen LogP contribution in [0.2, 0.25) is 0 Å². The number of methoxy groups -OCH3 is 1. The van der Waals surface area contributed by atoms with E-state index in [4.69, 9.17) is 15.9 Å². The van der Waals surface area contributed by atoms with Crippen LogP contribution in [0.15, 0.2) is 55.1 Å². The van der Waals surface area contributed by atoms with Crippen molar-refractivity contribution in [1.82, 2.24) is 15.0 Å². The van der Waals surface area contributed by atoms with Crippen LogP contribution >= 0.6 is 0 Å². The number of nitrogens with two attached hydrogens (primary N) is 1. The maximum absolute atomic E-state index is 7.47. The van der Waals surface area contributed by atoms with E-state index in [0.29, 0.717) is 12.1 Å². The molecule has 154 valence electrons. The highest BCUT2D eigenvalue weighted by molar-refractivity contribution is 6.08. The van der Waals surface area contributed by atoms with Gasteiger partial charge in [0.1, 0.15) is 17.9 Å². The Morgan fingerprint density at radius 2 is 2.03 bits per heavy atom. The number of pyridine rings is 1. The zero-order chi connectivity index (χ0) is 21.5. The van der Waals surface area contributed by atoms with Gasteiger partial charge >= 0.3 is 0 Å². The van der Waals surface area contributed by atoms with Gasteiger partial charge in [-0.2, -0.15) is 0 Å². The Hall–Kier alpha value is -3.74. The number of rotatable bonds is 8. The number of hydrogen-bond acceptors (Lipinski definition) is 7. The molecular weight excluding hydrogens is 376 g/mol. The van der Waals surface area contributed by atoms with Gasteiger partial charge in [-0.25, -0.2) is 9.97 Å². The quantitative estimate of drug-likeness (QED) is 0.491. The maximum atomic E-state index is 7.47. The molecule has 0 saturated heterocycles. The number of nitrogens with zero attached hydrogens (tertiary/aromatic N) is 3. The van der Waals surface area contributed by atoms with E-state index in [1.54, 1.807) is 13.4 Å². The van der Waals surface area contributed by atoms with Gasteiger partial charge in [0.05, 0.1) is 12.8 Å². The van der Waals surface area contributed by atoms with Gasteiger partial charge in [0.2, 0.25) is 0 Å². The second-order valence-corrected chi connectivity index (χ2v) is 6.98. The number of allylic oxidation sites excluding steroid dienone is 1. The molecule has 7 nitrogen and oxygen atoms in total. The van der Waals surface area contributed by atoms with Gasteiger partial charge in [0, 0.05) is 54.0 Å². The van der Waals surface area contributed by atoms with Crippen LogP contribution in [-0.2, 0) is 0 Å². The normalized spacial score (nSPS) is 12.3.